The van der Waals surface area contributed by atoms with Crippen molar-refractivity contribution in [2.24, 2.45) is 5.41 Å². The van der Waals surface area contributed by atoms with E-state index in [2.05, 4.69) is 0 Å². The predicted octanol–water partition coefficient (Wildman–Crippen LogP) is 5.32. The van der Waals surface area contributed by atoms with Crippen molar-refractivity contribution in [3.05, 3.63) is 42.0 Å². The molecule has 1 aromatic rings. The van der Waals surface area contributed by atoms with Crippen molar-refractivity contribution < 1.29 is 41.0 Å². The number of allylic oxidation sites excluding steroid dienone is 1. The van der Waals surface area contributed by atoms with Crippen LogP contribution in [0.25, 0.3) is 6.08 Å². The molecule has 1 aliphatic heterocycles. The Balaban J connectivity index is 2.56. The molecule has 1 atom stereocenters. The Bertz CT molecular complexity index is 713. The summed E-state index contributed by atoms with van der Waals surface area (Å²) >= 11 is 0. The lowest BCUT2D eigenvalue weighted by Gasteiger charge is -2.44. The van der Waals surface area contributed by atoms with Crippen molar-refractivity contribution in [2.45, 2.75) is 44.4 Å². The van der Waals surface area contributed by atoms with E-state index in [0.717, 1.165) is 26.0 Å². The molecule has 1 saturated heterocycles. The van der Waals surface area contributed by atoms with Crippen LogP contribution in [-0.2, 0) is 4.74 Å². The molecule has 0 bridgehead atoms. The highest BCUT2D eigenvalue weighted by atomic mass is 19.4. The maximum absolute atomic E-state index is 13.9. The van der Waals surface area contributed by atoms with E-state index in [9.17, 15) is 36.2 Å². The lowest BCUT2D eigenvalue weighted by atomic mass is 9.74. The van der Waals surface area contributed by atoms with Gasteiger partial charge in [-0.15, -0.1) is 0 Å². The van der Waals surface area contributed by atoms with Gasteiger partial charge in [-0.25, -0.2) is 4.79 Å². The monoisotopic (exact) mass is 411 g/mol. The quantitative estimate of drug-likeness (QED) is 0.683. The van der Waals surface area contributed by atoms with Gasteiger partial charge in [-0.1, -0.05) is 42.5 Å². The number of alkyl halides is 6. The van der Waals surface area contributed by atoms with Crippen LogP contribution >= 0.6 is 0 Å². The second-order valence-corrected chi connectivity index (χ2v) is 6.91. The van der Waals surface area contributed by atoms with Crippen LogP contribution in [0, 0.1) is 5.41 Å². The fourth-order valence-corrected chi connectivity index (χ4v) is 3.38. The Hall–Kier alpha value is -2.23. The molecule has 0 radical (unpaired) electrons. The van der Waals surface area contributed by atoms with Crippen LogP contribution < -0.4 is 0 Å². The minimum absolute atomic E-state index is 0.102. The smallest absolute Gasteiger partial charge is 0.409 e. The van der Waals surface area contributed by atoms with Gasteiger partial charge in [0.1, 0.15) is 5.72 Å². The third-order valence-electron chi connectivity index (χ3n) is 4.82. The van der Waals surface area contributed by atoms with Crippen LogP contribution in [-0.4, -0.2) is 46.8 Å². The average molecular weight is 411 g/mol. The maximum Gasteiger partial charge on any atom is 0.409 e. The number of benzene rings is 1. The van der Waals surface area contributed by atoms with Crippen molar-refractivity contribution in [3.63, 3.8) is 0 Å². The number of hydrogen-bond acceptors (Lipinski definition) is 2. The molecule has 0 aromatic heterocycles. The van der Waals surface area contributed by atoms with Crippen LogP contribution in [0.4, 0.5) is 31.1 Å². The van der Waals surface area contributed by atoms with Gasteiger partial charge < -0.3 is 9.84 Å². The van der Waals surface area contributed by atoms with Crippen molar-refractivity contribution in [3.8, 4) is 0 Å². The Morgan fingerprint density at radius 3 is 2.18 bits per heavy atom. The number of hydrogen-bond donors (Lipinski definition) is 1. The third-order valence-corrected chi connectivity index (χ3v) is 4.82. The zero-order chi connectivity index (χ0) is 21.4. The topological polar surface area (TPSA) is 49.8 Å². The summed E-state index contributed by atoms with van der Waals surface area (Å²) in [5, 5.41) is 9.31. The van der Waals surface area contributed by atoms with Crippen molar-refractivity contribution in [1.82, 2.24) is 4.90 Å². The van der Waals surface area contributed by atoms with Gasteiger partial charge in [0.25, 0.3) is 0 Å². The molecule has 1 aromatic carbocycles. The summed E-state index contributed by atoms with van der Waals surface area (Å²) in [6.07, 6.45) is -13.0. The van der Waals surface area contributed by atoms with Gasteiger partial charge in [0.2, 0.25) is 0 Å². The Morgan fingerprint density at radius 2 is 1.71 bits per heavy atom. The van der Waals surface area contributed by atoms with Crippen LogP contribution in [0.15, 0.2) is 36.4 Å². The highest BCUT2D eigenvalue weighted by Gasteiger charge is 2.76. The normalized spacial score (nSPS) is 20.7. The molecule has 10 heteroatoms. The first-order chi connectivity index (χ1) is 12.7. The molecule has 1 fully saturated rings. The van der Waals surface area contributed by atoms with Crippen molar-refractivity contribution in [1.29, 1.82) is 0 Å². The van der Waals surface area contributed by atoms with Gasteiger partial charge in [-0.05, 0) is 25.8 Å². The molecule has 2 rings (SSSR count). The van der Waals surface area contributed by atoms with Crippen LogP contribution in [0.2, 0.25) is 0 Å². The number of carbonyl (C=O) groups is 1. The molecule has 156 valence electrons. The molecular weight excluding hydrogens is 392 g/mol. The molecule has 0 spiro atoms. The average Bonchev–Trinajstić information content (AvgIpc) is 2.85. The van der Waals surface area contributed by atoms with E-state index in [1.807, 2.05) is 0 Å². The van der Waals surface area contributed by atoms with Crippen LogP contribution in [0.1, 0.15) is 25.8 Å². The van der Waals surface area contributed by atoms with Gasteiger partial charge in [-0.3, -0.25) is 4.90 Å². The fraction of sp³-hybridized carbons (Fsp3) is 0.500. The number of halogens is 6. The molecule has 1 unspecified atom stereocenters. The largest absolute Gasteiger partial charge is 0.465 e. The maximum atomic E-state index is 13.9. The van der Waals surface area contributed by atoms with Gasteiger partial charge in [-0.2, -0.15) is 26.3 Å². The first-order valence-electron chi connectivity index (χ1n) is 8.25. The van der Waals surface area contributed by atoms with E-state index in [1.54, 1.807) is 18.2 Å². The summed E-state index contributed by atoms with van der Waals surface area (Å²) in [5.41, 5.74) is -5.74. The number of nitrogens with zero attached hydrogens (tertiary/aromatic N) is 1. The van der Waals surface area contributed by atoms with E-state index in [4.69, 9.17) is 4.74 Å². The van der Waals surface area contributed by atoms with Gasteiger partial charge in [0, 0.05) is 0 Å². The SMILES string of the molecule is CC1(C)OCC(C(C/C=C/c2ccccc2)(C(F)(F)F)C(F)(F)F)N1C(=O)O. The molecule has 4 nitrogen and oxygen atoms in total. The summed E-state index contributed by atoms with van der Waals surface area (Å²) in [7, 11) is 0. The molecular formula is C18H19F6NO3. The zero-order valence-corrected chi connectivity index (χ0v) is 15.0. The van der Waals surface area contributed by atoms with Gasteiger partial charge in [0.05, 0.1) is 12.6 Å². The summed E-state index contributed by atoms with van der Waals surface area (Å²) in [6, 6.07) is 5.37. The minimum atomic E-state index is -5.77. The van der Waals surface area contributed by atoms with E-state index in [-0.39, 0.29) is 4.90 Å². The molecule has 0 aliphatic carbocycles. The molecule has 1 N–H and O–H groups in total. The van der Waals surface area contributed by atoms with Crippen molar-refractivity contribution in [2.75, 3.05) is 6.61 Å². The first kappa shape index (κ1) is 22.1. The Kier molecular flexibility index (Phi) is 5.76. The summed E-state index contributed by atoms with van der Waals surface area (Å²) in [6.45, 7) is 1.19. The highest BCUT2D eigenvalue weighted by Crippen LogP contribution is 2.58. The number of amides is 1. The summed E-state index contributed by atoms with van der Waals surface area (Å²) in [5.74, 6) is 0. The highest BCUT2D eigenvalue weighted by molar-refractivity contribution is 5.67. The minimum Gasteiger partial charge on any atom is -0.465 e. The van der Waals surface area contributed by atoms with Crippen molar-refractivity contribution >= 4 is 12.2 Å². The number of carboxylic acid groups (broad SMARTS) is 1. The standard InChI is InChI=1S/C18H19F6NO3/c1-15(2)25(14(26)27)13(11-28-15)16(17(19,20)21,18(22,23)24)10-6-9-12-7-4-3-5-8-12/h3-9,13H,10-11H2,1-2H3,(H,26,27)/b9-6+. The molecule has 1 heterocycles. The summed E-state index contributed by atoms with van der Waals surface area (Å²) < 4.78 is 88.5. The zero-order valence-electron chi connectivity index (χ0n) is 15.0. The van der Waals surface area contributed by atoms with Crippen LogP contribution in [0.3, 0.4) is 0 Å². The lowest BCUT2D eigenvalue weighted by molar-refractivity contribution is -0.353. The molecule has 1 amide bonds. The number of rotatable bonds is 4. The van der Waals surface area contributed by atoms with E-state index in [0.29, 0.717) is 5.56 Å². The molecule has 28 heavy (non-hydrogen) atoms. The molecule has 0 saturated carbocycles. The first-order valence-corrected chi connectivity index (χ1v) is 8.25. The second kappa shape index (κ2) is 7.31. The second-order valence-electron chi connectivity index (χ2n) is 6.91. The third kappa shape index (κ3) is 3.82. The lowest BCUT2D eigenvalue weighted by Crippen LogP contribution is -2.64. The molecule has 1 aliphatic rings. The predicted molar refractivity (Wildman–Crippen MR) is 88.3 cm³/mol. The van der Waals surface area contributed by atoms with Gasteiger partial charge in [0.15, 0.2) is 5.41 Å². The Labute approximate surface area is 157 Å². The van der Waals surface area contributed by atoms with E-state index in [1.165, 1.54) is 12.1 Å². The number of ether oxygens (including phenoxy) is 1. The van der Waals surface area contributed by atoms with E-state index >= 15 is 0 Å². The summed E-state index contributed by atoms with van der Waals surface area (Å²) in [4.78, 5) is 11.6. The fourth-order valence-electron chi connectivity index (χ4n) is 3.38. The van der Waals surface area contributed by atoms with Crippen LogP contribution in [0.5, 0.6) is 0 Å². The van der Waals surface area contributed by atoms with Gasteiger partial charge >= 0.3 is 18.4 Å². The Morgan fingerprint density at radius 1 is 1.18 bits per heavy atom. The van der Waals surface area contributed by atoms with E-state index < -0.39 is 48.7 Å².